The first-order valence-electron chi connectivity index (χ1n) is 7.32. The van der Waals surface area contributed by atoms with Crippen LogP contribution >= 0.6 is 0 Å². The third-order valence-electron chi connectivity index (χ3n) is 3.43. The van der Waals surface area contributed by atoms with E-state index in [1.807, 2.05) is 12.1 Å². The fraction of sp³-hybridized carbons (Fsp3) is 0.375. The van der Waals surface area contributed by atoms with Crippen molar-refractivity contribution >= 4 is 10.0 Å². The summed E-state index contributed by atoms with van der Waals surface area (Å²) in [7, 11) is -1.80. The van der Waals surface area contributed by atoms with E-state index in [0.29, 0.717) is 12.2 Å². The average Bonchev–Trinajstić information content (AvgIpc) is 3.08. The van der Waals surface area contributed by atoms with Gasteiger partial charge in [-0.15, -0.1) is 0 Å². The van der Waals surface area contributed by atoms with Crippen molar-refractivity contribution in [2.75, 3.05) is 19.4 Å². The van der Waals surface area contributed by atoms with Gasteiger partial charge in [-0.25, -0.2) is 13.1 Å². The van der Waals surface area contributed by atoms with Gasteiger partial charge in [-0.1, -0.05) is 12.1 Å². The van der Waals surface area contributed by atoms with E-state index in [1.165, 1.54) is 6.26 Å². The number of methoxy groups -OCH3 is 1. The molecule has 0 saturated heterocycles. The highest BCUT2D eigenvalue weighted by Gasteiger charge is 2.14. The zero-order valence-corrected chi connectivity index (χ0v) is 13.8. The number of benzene rings is 1. The van der Waals surface area contributed by atoms with Crippen LogP contribution in [0.1, 0.15) is 23.8 Å². The first-order valence-corrected chi connectivity index (χ1v) is 8.97. The van der Waals surface area contributed by atoms with Crippen molar-refractivity contribution in [1.82, 2.24) is 4.72 Å². The Hall–Kier alpha value is -1.83. The number of aliphatic hydroxyl groups is 1. The van der Waals surface area contributed by atoms with Gasteiger partial charge in [0.2, 0.25) is 10.0 Å². The van der Waals surface area contributed by atoms with Crippen LogP contribution in [0.4, 0.5) is 0 Å². The summed E-state index contributed by atoms with van der Waals surface area (Å²) < 4.78 is 36.5. The van der Waals surface area contributed by atoms with E-state index in [9.17, 15) is 13.5 Å². The Kier molecular flexibility index (Phi) is 6.20. The summed E-state index contributed by atoms with van der Waals surface area (Å²) >= 11 is 0. The predicted octanol–water partition coefficient (Wildman–Crippen LogP) is 1.87. The van der Waals surface area contributed by atoms with Crippen molar-refractivity contribution in [1.29, 1.82) is 0 Å². The van der Waals surface area contributed by atoms with Crippen LogP contribution in [0.5, 0.6) is 5.75 Å². The molecule has 23 heavy (non-hydrogen) atoms. The van der Waals surface area contributed by atoms with Crippen molar-refractivity contribution in [3.8, 4) is 5.75 Å². The smallest absolute Gasteiger partial charge is 0.211 e. The first-order chi connectivity index (χ1) is 11.0. The zero-order valence-electron chi connectivity index (χ0n) is 12.9. The van der Waals surface area contributed by atoms with E-state index < -0.39 is 16.1 Å². The van der Waals surface area contributed by atoms with E-state index in [-0.39, 0.29) is 18.7 Å². The van der Waals surface area contributed by atoms with E-state index in [0.717, 1.165) is 11.3 Å². The largest absolute Gasteiger partial charge is 0.497 e. The summed E-state index contributed by atoms with van der Waals surface area (Å²) in [5.41, 5.74) is 0.923. The van der Waals surface area contributed by atoms with Crippen LogP contribution in [0.15, 0.2) is 47.1 Å². The van der Waals surface area contributed by atoms with Crippen LogP contribution < -0.4 is 9.46 Å². The van der Waals surface area contributed by atoms with E-state index >= 15 is 0 Å². The second kappa shape index (κ2) is 8.14. The van der Waals surface area contributed by atoms with Gasteiger partial charge in [0.25, 0.3) is 0 Å². The summed E-state index contributed by atoms with van der Waals surface area (Å²) in [6, 6.07) is 10.6. The molecule has 2 rings (SSSR count). The standard InChI is InChI=1S/C16H21NO5S/c1-21-14-6-4-13(5-7-14)9-12-23(19,20)17-10-8-15(18)16-3-2-11-22-16/h2-7,11,15,17-18H,8-10,12H2,1H3/t15-/m0/s1. The minimum Gasteiger partial charge on any atom is -0.497 e. The minimum absolute atomic E-state index is 0.00379. The van der Waals surface area contributed by atoms with Crippen molar-refractivity contribution < 1.29 is 22.7 Å². The van der Waals surface area contributed by atoms with E-state index in [4.69, 9.17) is 9.15 Å². The molecule has 0 aliphatic rings. The quantitative estimate of drug-likeness (QED) is 0.728. The van der Waals surface area contributed by atoms with Crippen LogP contribution in [0.2, 0.25) is 0 Å². The monoisotopic (exact) mass is 339 g/mol. The summed E-state index contributed by atoms with van der Waals surface area (Å²) in [5.74, 6) is 1.17. The lowest BCUT2D eigenvalue weighted by atomic mass is 10.2. The lowest BCUT2D eigenvalue weighted by Crippen LogP contribution is -2.29. The molecule has 7 heteroatoms. The molecule has 1 atom stereocenters. The average molecular weight is 339 g/mol. The van der Waals surface area contributed by atoms with Gasteiger partial charge in [-0.2, -0.15) is 0 Å². The maximum atomic E-state index is 12.0. The van der Waals surface area contributed by atoms with Gasteiger partial charge in [0.15, 0.2) is 0 Å². The Morgan fingerprint density at radius 1 is 1.26 bits per heavy atom. The maximum Gasteiger partial charge on any atom is 0.211 e. The maximum absolute atomic E-state index is 12.0. The van der Waals surface area contributed by atoms with Gasteiger partial charge >= 0.3 is 0 Å². The summed E-state index contributed by atoms with van der Waals surface area (Å²) in [5, 5.41) is 9.82. The van der Waals surface area contributed by atoms with Gasteiger partial charge in [0.1, 0.15) is 17.6 Å². The Labute approximate surface area is 136 Å². The molecular weight excluding hydrogens is 318 g/mol. The van der Waals surface area contributed by atoms with Gasteiger partial charge in [0, 0.05) is 6.54 Å². The van der Waals surface area contributed by atoms with E-state index in [1.54, 1.807) is 31.4 Å². The Bertz CT molecular complexity index is 680. The second-order valence-corrected chi connectivity index (χ2v) is 7.06. The summed E-state index contributed by atoms with van der Waals surface area (Å²) in [6.45, 7) is 0.160. The molecule has 0 aliphatic heterocycles. The Morgan fingerprint density at radius 2 is 2.00 bits per heavy atom. The number of hydrogen-bond acceptors (Lipinski definition) is 5. The van der Waals surface area contributed by atoms with Crippen molar-refractivity contribution in [2.45, 2.75) is 18.9 Å². The topological polar surface area (TPSA) is 88.8 Å². The highest BCUT2D eigenvalue weighted by Crippen LogP contribution is 2.16. The van der Waals surface area contributed by atoms with Gasteiger partial charge in [-0.3, -0.25) is 0 Å². The SMILES string of the molecule is COc1ccc(CCS(=O)(=O)NCC[C@H](O)c2ccco2)cc1. The van der Waals surface area contributed by atoms with E-state index in [2.05, 4.69) is 4.72 Å². The number of sulfonamides is 1. The third-order valence-corrected chi connectivity index (χ3v) is 4.82. The van der Waals surface area contributed by atoms with Crippen molar-refractivity contribution in [2.24, 2.45) is 0 Å². The predicted molar refractivity (Wildman–Crippen MR) is 86.8 cm³/mol. The minimum atomic E-state index is -3.38. The summed E-state index contributed by atoms with van der Waals surface area (Å²) in [4.78, 5) is 0. The highest BCUT2D eigenvalue weighted by atomic mass is 32.2. The molecule has 0 amide bonds. The number of furan rings is 1. The molecule has 0 radical (unpaired) electrons. The summed E-state index contributed by atoms with van der Waals surface area (Å²) in [6.07, 6.45) is 1.33. The molecule has 0 fully saturated rings. The van der Waals surface area contributed by atoms with Crippen LogP contribution in [0, 0.1) is 0 Å². The number of ether oxygens (including phenoxy) is 1. The molecule has 126 valence electrons. The molecule has 0 aliphatic carbocycles. The number of aliphatic hydroxyl groups excluding tert-OH is 1. The Morgan fingerprint density at radius 3 is 2.61 bits per heavy atom. The molecule has 1 heterocycles. The fourth-order valence-electron chi connectivity index (χ4n) is 2.09. The molecule has 1 aromatic carbocycles. The van der Waals surface area contributed by atoms with Crippen molar-refractivity contribution in [3.63, 3.8) is 0 Å². The van der Waals surface area contributed by atoms with Gasteiger partial charge in [-0.05, 0) is 42.7 Å². The van der Waals surface area contributed by atoms with Crippen LogP contribution in [0.3, 0.4) is 0 Å². The Balaban J connectivity index is 1.75. The molecular formula is C16H21NO5S. The van der Waals surface area contributed by atoms with Crippen molar-refractivity contribution in [3.05, 3.63) is 54.0 Å². The number of hydrogen-bond donors (Lipinski definition) is 2. The normalized spacial score (nSPS) is 13.0. The molecule has 0 bridgehead atoms. The second-order valence-electron chi connectivity index (χ2n) is 5.13. The number of rotatable bonds is 9. The van der Waals surface area contributed by atoms with Crippen LogP contribution in [-0.2, 0) is 16.4 Å². The molecule has 0 saturated carbocycles. The zero-order chi connectivity index (χ0) is 16.7. The first kappa shape index (κ1) is 17.5. The lowest BCUT2D eigenvalue weighted by Gasteiger charge is -2.10. The molecule has 2 aromatic rings. The lowest BCUT2D eigenvalue weighted by molar-refractivity contribution is 0.142. The third kappa shape index (κ3) is 5.70. The molecule has 1 aromatic heterocycles. The molecule has 0 spiro atoms. The van der Waals surface area contributed by atoms with Gasteiger partial charge < -0.3 is 14.3 Å². The van der Waals surface area contributed by atoms with Gasteiger partial charge in [0.05, 0.1) is 19.1 Å². The fourth-order valence-corrected chi connectivity index (χ4v) is 3.17. The number of nitrogens with one attached hydrogen (secondary N) is 1. The highest BCUT2D eigenvalue weighted by molar-refractivity contribution is 7.89. The molecule has 2 N–H and O–H groups in total. The number of aryl methyl sites for hydroxylation is 1. The molecule has 0 unspecified atom stereocenters. The molecule has 6 nitrogen and oxygen atoms in total. The van der Waals surface area contributed by atoms with Crippen LogP contribution in [0.25, 0.3) is 0 Å². The van der Waals surface area contributed by atoms with Crippen LogP contribution in [-0.4, -0.2) is 32.9 Å².